The molecule has 3 N–H and O–H groups in total. The summed E-state index contributed by atoms with van der Waals surface area (Å²) in [6.07, 6.45) is -2.65. The molecule has 0 aliphatic carbocycles. The van der Waals surface area contributed by atoms with E-state index in [-0.39, 0.29) is 23.3 Å². The third-order valence-electron chi connectivity index (χ3n) is 3.74. The van der Waals surface area contributed by atoms with Gasteiger partial charge in [-0.05, 0) is 36.4 Å². The van der Waals surface area contributed by atoms with Crippen molar-refractivity contribution < 1.29 is 18.3 Å². The second kappa shape index (κ2) is 7.30. The minimum atomic E-state index is -3.92. The van der Waals surface area contributed by atoms with Gasteiger partial charge in [0.15, 0.2) is 5.75 Å². The second-order valence-corrected chi connectivity index (χ2v) is 6.63. The van der Waals surface area contributed by atoms with Crippen molar-refractivity contribution in [2.75, 3.05) is 16.0 Å². The van der Waals surface area contributed by atoms with Crippen molar-refractivity contribution in [3.05, 3.63) is 52.8 Å². The molecule has 1 aliphatic rings. The normalized spacial score (nSPS) is 14.4. The number of carbonyl (C=O) groups excluding carboxylic acids is 1. The van der Waals surface area contributed by atoms with E-state index in [1.54, 1.807) is 18.2 Å². The van der Waals surface area contributed by atoms with Crippen molar-refractivity contribution in [3.8, 4) is 5.75 Å². The van der Waals surface area contributed by atoms with Crippen molar-refractivity contribution in [3.63, 3.8) is 0 Å². The fourth-order valence-corrected chi connectivity index (χ4v) is 2.89. The quantitative estimate of drug-likeness (QED) is 0.547. The first kappa shape index (κ1) is 19.1. The van der Waals surface area contributed by atoms with Gasteiger partial charge >= 0.3 is 12.0 Å². The highest BCUT2D eigenvalue weighted by atomic mass is 35.5. The molecule has 0 bridgehead atoms. The number of alkyl halides is 2. The van der Waals surface area contributed by atoms with Crippen LogP contribution in [0, 0.1) is 0 Å². The molecule has 3 aromatic rings. The number of nitrogens with zero attached hydrogens (tertiary/aromatic N) is 3. The SMILES string of the molecule is O=C1Nc2cc(Nc3ncnc(Nc4ccc(Cl)cc4Cl)n3)ccc2OC1(F)F. The van der Waals surface area contributed by atoms with E-state index in [0.29, 0.717) is 21.4 Å². The lowest BCUT2D eigenvalue weighted by molar-refractivity contribution is -0.189. The van der Waals surface area contributed by atoms with Crippen molar-refractivity contribution in [2.24, 2.45) is 0 Å². The molecule has 0 unspecified atom stereocenters. The summed E-state index contributed by atoms with van der Waals surface area (Å²) < 4.78 is 31.0. The van der Waals surface area contributed by atoms with Gasteiger partial charge < -0.3 is 20.7 Å². The highest BCUT2D eigenvalue weighted by Gasteiger charge is 2.46. The van der Waals surface area contributed by atoms with E-state index < -0.39 is 12.0 Å². The summed E-state index contributed by atoms with van der Waals surface area (Å²) in [5, 5.41) is 8.78. The Kier molecular flexibility index (Phi) is 4.81. The number of hydrogen-bond acceptors (Lipinski definition) is 7. The fourth-order valence-electron chi connectivity index (χ4n) is 2.43. The largest absolute Gasteiger partial charge is 0.482 e. The molecule has 0 atom stereocenters. The van der Waals surface area contributed by atoms with Crippen molar-refractivity contribution in [1.29, 1.82) is 0 Å². The first-order chi connectivity index (χ1) is 13.8. The number of amides is 1. The molecule has 0 fully saturated rings. The third kappa shape index (κ3) is 4.13. The minimum Gasteiger partial charge on any atom is -0.423 e. The summed E-state index contributed by atoms with van der Waals surface area (Å²) in [6, 6.07) is 9.07. The second-order valence-electron chi connectivity index (χ2n) is 5.79. The van der Waals surface area contributed by atoms with Crippen LogP contribution in [0.3, 0.4) is 0 Å². The van der Waals surface area contributed by atoms with Crippen LogP contribution in [-0.4, -0.2) is 27.0 Å². The summed E-state index contributed by atoms with van der Waals surface area (Å²) in [5.74, 6) is -1.33. The lowest BCUT2D eigenvalue weighted by Gasteiger charge is -2.25. The van der Waals surface area contributed by atoms with Crippen LogP contribution in [0.25, 0.3) is 0 Å². The zero-order valence-electron chi connectivity index (χ0n) is 14.2. The molecule has 29 heavy (non-hydrogen) atoms. The average molecular weight is 439 g/mol. The van der Waals surface area contributed by atoms with Crippen LogP contribution in [0.2, 0.25) is 10.0 Å². The summed E-state index contributed by atoms with van der Waals surface area (Å²) in [6.45, 7) is 0. The van der Waals surface area contributed by atoms with Gasteiger partial charge in [0.1, 0.15) is 6.33 Å². The lowest BCUT2D eigenvalue weighted by Crippen LogP contribution is -2.43. The van der Waals surface area contributed by atoms with Crippen LogP contribution in [0.5, 0.6) is 5.75 Å². The van der Waals surface area contributed by atoms with Crippen LogP contribution < -0.4 is 20.7 Å². The maximum absolute atomic E-state index is 13.3. The Morgan fingerprint density at radius 1 is 1.03 bits per heavy atom. The van der Waals surface area contributed by atoms with E-state index in [1.807, 2.05) is 0 Å². The maximum atomic E-state index is 13.3. The average Bonchev–Trinajstić information content (AvgIpc) is 2.65. The molecule has 1 amide bonds. The standard InChI is InChI=1S/C17H10Cl2F2N6O2/c18-8-1-3-11(10(19)5-8)26-16-23-7-22-15(27-16)24-9-2-4-13-12(6-9)25-14(28)17(20,21)29-13/h1-7H,(H,25,28)(H2,22,23,24,26,27). The molecule has 0 radical (unpaired) electrons. The highest BCUT2D eigenvalue weighted by Crippen LogP contribution is 2.37. The number of hydrogen-bond donors (Lipinski definition) is 3. The van der Waals surface area contributed by atoms with Gasteiger partial charge in [-0.15, -0.1) is 0 Å². The van der Waals surface area contributed by atoms with Gasteiger partial charge in [0, 0.05) is 10.7 Å². The molecule has 2 aromatic carbocycles. The number of rotatable bonds is 4. The minimum absolute atomic E-state index is 0.0891. The number of aromatic nitrogens is 3. The number of carbonyl (C=O) groups is 1. The number of anilines is 5. The molecule has 2 heterocycles. The van der Waals surface area contributed by atoms with Crippen LogP contribution in [0.1, 0.15) is 0 Å². The van der Waals surface area contributed by atoms with Crippen LogP contribution >= 0.6 is 23.2 Å². The molecule has 1 aromatic heterocycles. The summed E-state index contributed by atoms with van der Waals surface area (Å²) in [5.41, 5.74) is 1.06. The lowest BCUT2D eigenvalue weighted by atomic mass is 10.2. The van der Waals surface area contributed by atoms with Crippen molar-refractivity contribution in [1.82, 2.24) is 15.0 Å². The first-order valence-electron chi connectivity index (χ1n) is 8.01. The monoisotopic (exact) mass is 438 g/mol. The zero-order chi connectivity index (χ0) is 20.6. The number of benzene rings is 2. The highest BCUT2D eigenvalue weighted by molar-refractivity contribution is 6.36. The molecule has 0 saturated heterocycles. The van der Waals surface area contributed by atoms with E-state index in [0.717, 1.165) is 0 Å². The van der Waals surface area contributed by atoms with Gasteiger partial charge in [0.2, 0.25) is 11.9 Å². The van der Waals surface area contributed by atoms with Crippen molar-refractivity contribution in [2.45, 2.75) is 6.11 Å². The van der Waals surface area contributed by atoms with Crippen LogP contribution in [0.15, 0.2) is 42.7 Å². The molecule has 1 aliphatic heterocycles. The Hall–Kier alpha value is -3.24. The van der Waals surface area contributed by atoms with E-state index in [1.165, 1.54) is 24.5 Å². The Morgan fingerprint density at radius 2 is 1.79 bits per heavy atom. The Bertz CT molecular complexity index is 1120. The zero-order valence-corrected chi connectivity index (χ0v) is 15.7. The van der Waals surface area contributed by atoms with Gasteiger partial charge in [-0.2, -0.15) is 13.8 Å². The van der Waals surface area contributed by atoms with Gasteiger partial charge in [0.25, 0.3) is 0 Å². The molecule has 0 saturated carbocycles. The Morgan fingerprint density at radius 3 is 2.55 bits per heavy atom. The van der Waals surface area contributed by atoms with Gasteiger partial charge in [0.05, 0.1) is 16.4 Å². The molecular weight excluding hydrogens is 429 g/mol. The number of ether oxygens (including phenoxy) is 1. The summed E-state index contributed by atoms with van der Waals surface area (Å²) >= 11 is 12.0. The van der Waals surface area contributed by atoms with Gasteiger partial charge in [-0.25, -0.2) is 9.97 Å². The molecule has 0 spiro atoms. The molecule has 12 heteroatoms. The van der Waals surface area contributed by atoms with E-state index in [2.05, 4.69) is 35.6 Å². The van der Waals surface area contributed by atoms with Crippen LogP contribution in [0.4, 0.5) is 37.7 Å². The molecular formula is C17H10Cl2F2N6O2. The predicted molar refractivity (Wildman–Crippen MR) is 104 cm³/mol. The number of halogens is 4. The fraction of sp³-hybridized carbons (Fsp3) is 0.0588. The van der Waals surface area contributed by atoms with Crippen molar-refractivity contribution >= 4 is 58.1 Å². The molecule has 148 valence electrons. The molecule has 8 nitrogen and oxygen atoms in total. The van der Waals surface area contributed by atoms with Gasteiger partial charge in [-0.3, -0.25) is 4.79 Å². The third-order valence-corrected chi connectivity index (χ3v) is 4.28. The topological polar surface area (TPSA) is 101 Å². The van der Waals surface area contributed by atoms with Gasteiger partial charge in [-0.1, -0.05) is 23.2 Å². The van der Waals surface area contributed by atoms with Crippen LogP contribution in [-0.2, 0) is 4.79 Å². The van der Waals surface area contributed by atoms with E-state index in [4.69, 9.17) is 23.2 Å². The summed E-state index contributed by atoms with van der Waals surface area (Å²) in [7, 11) is 0. The predicted octanol–water partition coefficient (Wildman–Crippen LogP) is 4.59. The first-order valence-corrected chi connectivity index (χ1v) is 8.76. The maximum Gasteiger partial charge on any atom is 0.482 e. The van der Waals surface area contributed by atoms with E-state index in [9.17, 15) is 13.6 Å². The molecule has 4 rings (SSSR count). The Labute approximate surface area is 172 Å². The Balaban J connectivity index is 1.53. The number of fused-ring (bicyclic) bond motifs is 1. The smallest absolute Gasteiger partial charge is 0.423 e. The van der Waals surface area contributed by atoms with E-state index >= 15 is 0 Å². The summed E-state index contributed by atoms with van der Waals surface area (Å²) in [4.78, 5) is 23.6. The number of nitrogens with one attached hydrogen (secondary N) is 3.